The first-order valence-corrected chi connectivity index (χ1v) is 8.70. The summed E-state index contributed by atoms with van der Waals surface area (Å²) in [6, 6.07) is 2.14. The molecule has 1 saturated heterocycles. The fourth-order valence-electron chi connectivity index (χ4n) is 4.07. The molecule has 10 heteroatoms. The molecule has 1 aromatic heterocycles. The average Bonchev–Trinajstić information content (AvgIpc) is 3.19. The van der Waals surface area contributed by atoms with Crippen LogP contribution in [0.15, 0.2) is 18.2 Å². The number of rotatable bonds is 4. The molecule has 0 radical (unpaired) electrons. The molecule has 3 atom stereocenters. The van der Waals surface area contributed by atoms with E-state index in [0.29, 0.717) is 24.0 Å². The Morgan fingerprint density at radius 3 is 2.32 bits per heavy atom. The summed E-state index contributed by atoms with van der Waals surface area (Å²) in [5, 5.41) is 13.9. The maximum atomic E-state index is 14.0. The predicted octanol–water partition coefficient (Wildman–Crippen LogP) is 4.33. The summed E-state index contributed by atoms with van der Waals surface area (Å²) >= 11 is 0. The Labute approximate surface area is 164 Å². The summed E-state index contributed by atoms with van der Waals surface area (Å²) < 4.78 is 67.9. The topological polar surface area (TPSA) is 49.8 Å². The van der Waals surface area contributed by atoms with Gasteiger partial charge >= 0.3 is 0 Å². The minimum Gasteiger partial charge on any atom is -0.366 e. The minimum atomic E-state index is -3.01. The van der Waals surface area contributed by atoms with Crippen LogP contribution in [0.2, 0.25) is 0 Å². The van der Waals surface area contributed by atoms with E-state index in [-0.39, 0.29) is 24.3 Å². The molecule has 4 nitrogen and oxygen atoms in total. The summed E-state index contributed by atoms with van der Waals surface area (Å²) in [6.45, 7) is 1.89. The summed E-state index contributed by atoms with van der Waals surface area (Å²) in [6.07, 6.45) is -1.21. The van der Waals surface area contributed by atoms with Gasteiger partial charge in [-0.05, 0) is 49.9 Å². The van der Waals surface area contributed by atoms with E-state index in [9.17, 15) is 22.0 Å². The highest BCUT2D eigenvalue weighted by Gasteiger charge is 2.37. The van der Waals surface area contributed by atoms with Gasteiger partial charge in [-0.1, -0.05) is 0 Å². The van der Waals surface area contributed by atoms with Crippen molar-refractivity contribution in [2.75, 3.05) is 18.4 Å². The van der Waals surface area contributed by atoms with Crippen molar-refractivity contribution in [3.63, 3.8) is 0 Å². The second-order valence-corrected chi connectivity index (χ2v) is 7.07. The highest BCUT2D eigenvalue weighted by atomic mass is 35.5. The van der Waals surface area contributed by atoms with Crippen LogP contribution in [0, 0.1) is 29.3 Å². The number of nitrogens with zero attached hydrogens (tertiary/aromatic N) is 2. The maximum Gasteiger partial charge on any atom is 0.266 e. The minimum absolute atomic E-state index is 0. The number of hydrogen-bond donors (Lipinski definition) is 2. The van der Waals surface area contributed by atoms with Crippen LogP contribution in [0.1, 0.15) is 24.8 Å². The van der Waals surface area contributed by atoms with Gasteiger partial charge in [-0.15, -0.1) is 22.6 Å². The molecule has 2 heterocycles. The molecule has 28 heavy (non-hydrogen) atoms. The van der Waals surface area contributed by atoms with Crippen LogP contribution < -0.4 is 10.6 Å². The van der Waals surface area contributed by atoms with Crippen LogP contribution in [0.5, 0.6) is 0 Å². The number of alkyl halides is 2. The van der Waals surface area contributed by atoms with Crippen LogP contribution in [-0.2, 0) is 0 Å². The second-order valence-electron chi connectivity index (χ2n) is 7.07. The van der Waals surface area contributed by atoms with Crippen molar-refractivity contribution >= 4 is 18.2 Å². The van der Waals surface area contributed by atoms with Crippen LogP contribution in [0.25, 0.3) is 11.3 Å². The second kappa shape index (κ2) is 8.16. The summed E-state index contributed by atoms with van der Waals surface area (Å²) in [5.41, 5.74) is -1.88. The zero-order valence-electron chi connectivity index (χ0n) is 14.6. The fraction of sp³-hybridized carbons (Fsp3) is 0.444. The van der Waals surface area contributed by atoms with Crippen molar-refractivity contribution in [2.24, 2.45) is 11.8 Å². The van der Waals surface area contributed by atoms with Crippen molar-refractivity contribution in [1.29, 1.82) is 0 Å². The van der Waals surface area contributed by atoms with Crippen molar-refractivity contribution in [3.8, 4) is 11.3 Å². The van der Waals surface area contributed by atoms with Crippen LogP contribution in [-0.4, -0.2) is 29.3 Å². The van der Waals surface area contributed by atoms with Crippen molar-refractivity contribution < 1.29 is 22.0 Å². The molecule has 4 rings (SSSR count). The average molecular weight is 421 g/mol. The molecule has 2 fully saturated rings. The first-order chi connectivity index (χ1) is 12.9. The normalized spacial score (nSPS) is 23.6. The number of benzene rings is 1. The van der Waals surface area contributed by atoms with Gasteiger partial charge in [0, 0.05) is 23.2 Å². The lowest BCUT2D eigenvalue weighted by atomic mass is 10.0. The van der Waals surface area contributed by atoms with E-state index in [1.165, 1.54) is 0 Å². The first kappa shape index (κ1) is 20.7. The molecule has 2 N–H and O–H groups in total. The van der Waals surface area contributed by atoms with E-state index in [0.717, 1.165) is 32.0 Å². The largest absolute Gasteiger partial charge is 0.366 e. The Hall–Kier alpha value is -2.00. The number of anilines is 1. The lowest BCUT2D eigenvalue weighted by molar-refractivity contribution is 0.151. The third kappa shape index (κ3) is 3.91. The van der Waals surface area contributed by atoms with Crippen molar-refractivity contribution in [2.45, 2.75) is 25.3 Å². The fourth-order valence-corrected chi connectivity index (χ4v) is 4.07. The molecule has 1 aromatic carbocycles. The van der Waals surface area contributed by atoms with Gasteiger partial charge in [-0.2, -0.15) is 0 Å². The van der Waals surface area contributed by atoms with Crippen LogP contribution in [0.3, 0.4) is 0 Å². The maximum absolute atomic E-state index is 14.0. The number of fused-ring (bicyclic) bond motifs is 1. The SMILES string of the molecule is Cl.Fc1cc(F)c(F)c(-c2nnc(NC3C[C@H]4CNC[C@H]4C3)cc2C(F)F)c1. The molecule has 1 unspecified atom stereocenters. The zero-order valence-corrected chi connectivity index (χ0v) is 15.4. The Kier molecular flexibility index (Phi) is 6.04. The summed E-state index contributed by atoms with van der Waals surface area (Å²) in [5.74, 6) is -2.75. The van der Waals surface area contributed by atoms with E-state index in [2.05, 4.69) is 20.8 Å². The standard InChI is InChI=1S/C18H17F5N4.ClH/c19-10-3-12(16(21)14(20)4-10)17-13(18(22)23)5-15(26-27-17)25-11-1-8-6-24-7-9(8)2-11;/h3-5,8-9,11,18,24H,1-2,6-7H2,(H,25,26);1H/t8-,9+,11?;. The number of halogens is 6. The van der Waals surface area contributed by atoms with Gasteiger partial charge in [0.1, 0.15) is 17.3 Å². The lowest BCUT2D eigenvalue weighted by Gasteiger charge is -2.16. The van der Waals surface area contributed by atoms with Gasteiger partial charge in [0.2, 0.25) is 0 Å². The quantitative estimate of drug-likeness (QED) is 0.571. The highest BCUT2D eigenvalue weighted by Crippen LogP contribution is 2.37. The molecular weight excluding hydrogens is 403 g/mol. The Balaban J connectivity index is 0.00000225. The molecule has 2 aliphatic rings. The molecule has 0 amide bonds. The Morgan fingerprint density at radius 1 is 1.00 bits per heavy atom. The van der Waals surface area contributed by atoms with Gasteiger partial charge < -0.3 is 10.6 Å². The Bertz CT molecular complexity index is 854. The number of nitrogens with one attached hydrogen (secondary N) is 2. The van der Waals surface area contributed by atoms with Crippen molar-refractivity contribution in [3.05, 3.63) is 41.2 Å². The van der Waals surface area contributed by atoms with E-state index in [1.54, 1.807) is 0 Å². The van der Waals surface area contributed by atoms with Gasteiger partial charge in [-0.25, -0.2) is 22.0 Å². The molecule has 1 aliphatic carbocycles. The molecule has 2 aromatic rings. The number of hydrogen-bond acceptors (Lipinski definition) is 4. The monoisotopic (exact) mass is 420 g/mol. The van der Waals surface area contributed by atoms with E-state index in [4.69, 9.17) is 0 Å². The third-order valence-corrected chi connectivity index (χ3v) is 5.31. The molecule has 152 valence electrons. The van der Waals surface area contributed by atoms with E-state index >= 15 is 0 Å². The van der Waals surface area contributed by atoms with Gasteiger partial charge in [0.15, 0.2) is 11.6 Å². The molecule has 1 saturated carbocycles. The highest BCUT2D eigenvalue weighted by molar-refractivity contribution is 5.85. The third-order valence-electron chi connectivity index (χ3n) is 5.31. The molecule has 1 aliphatic heterocycles. The lowest BCUT2D eigenvalue weighted by Crippen LogP contribution is -2.21. The smallest absolute Gasteiger partial charge is 0.266 e. The van der Waals surface area contributed by atoms with Crippen LogP contribution in [0.4, 0.5) is 27.8 Å². The summed E-state index contributed by atoms with van der Waals surface area (Å²) in [4.78, 5) is 0. The molecule has 0 bridgehead atoms. The zero-order chi connectivity index (χ0) is 19.1. The van der Waals surface area contributed by atoms with E-state index < -0.39 is 40.7 Å². The molecule has 0 spiro atoms. The van der Waals surface area contributed by atoms with Gasteiger partial charge in [0.05, 0.1) is 0 Å². The van der Waals surface area contributed by atoms with E-state index in [1.807, 2.05) is 0 Å². The van der Waals surface area contributed by atoms with Crippen LogP contribution >= 0.6 is 12.4 Å². The first-order valence-electron chi connectivity index (χ1n) is 8.70. The number of aromatic nitrogens is 2. The molecular formula is C18H18ClF5N4. The van der Waals surface area contributed by atoms with Crippen molar-refractivity contribution in [1.82, 2.24) is 15.5 Å². The predicted molar refractivity (Wildman–Crippen MR) is 96.0 cm³/mol. The Morgan fingerprint density at radius 2 is 1.68 bits per heavy atom. The van der Waals surface area contributed by atoms with Gasteiger partial charge in [-0.3, -0.25) is 0 Å². The summed E-state index contributed by atoms with van der Waals surface area (Å²) in [7, 11) is 0. The van der Waals surface area contributed by atoms with Gasteiger partial charge in [0.25, 0.3) is 6.43 Å².